The lowest BCUT2D eigenvalue weighted by Crippen LogP contribution is -2.71. The summed E-state index contributed by atoms with van der Waals surface area (Å²) in [5, 5.41) is 18.2. The zero-order chi connectivity index (χ0) is 28.5. The number of nitrogens with one attached hydrogen (secondary N) is 4. The number of amides is 2. The van der Waals surface area contributed by atoms with Crippen molar-refractivity contribution >= 4 is 35.9 Å². The molecule has 2 aromatic carbocycles. The quantitative estimate of drug-likeness (QED) is 0.295. The molecule has 2 aliphatic rings. The minimum Gasteiger partial charge on any atom is -0.390 e. The molecule has 208 valence electrons. The second-order valence-corrected chi connectivity index (χ2v) is 10.1. The van der Waals surface area contributed by atoms with Crippen LogP contribution >= 0.6 is 0 Å². The van der Waals surface area contributed by atoms with Crippen LogP contribution in [0.4, 0.5) is 5.69 Å². The van der Waals surface area contributed by atoms with E-state index in [-0.39, 0.29) is 24.1 Å². The summed E-state index contributed by atoms with van der Waals surface area (Å²) in [7, 11) is 2.04. The fraction of sp³-hybridized carbons (Fsp3) is 0.281. The Morgan fingerprint density at radius 3 is 2.73 bits per heavy atom. The van der Waals surface area contributed by atoms with Crippen molar-refractivity contribution in [3.05, 3.63) is 101 Å². The highest BCUT2D eigenvalue weighted by molar-refractivity contribution is 6.01. The number of anilines is 1. The fourth-order valence-electron chi connectivity index (χ4n) is 4.84. The van der Waals surface area contributed by atoms with Crippen LogP contribution in [0.25, 0.3) is 12.2 Å². The zero-order valence-corrected chi connectivity index (χ0v) is 23.3. The lowest BCUT2D eigenvalue weighted by Gasteiger charge is -2.34. The molecule has 2 aliphatic heterocycles. The first kappa shape index (κ1) is 28.6. The van der Waals surface area contributed by atoms with E-state index in [2.05, 4.69) is 51.0 Å². The number of benzene rings is 2. The average Bonchev–Trinajstić information content (AvgIpc) is 2.94. The molecule has 0 saturated carbocycles. The first-order chi connectivity index (χ1) is 19.3. The number of carbonyl (C=O) groups excluding carboxylic acids is 2. The van der Waals surface area contributed by atoms with Gasteiger partial charge in [0.05, 0.1) is 6.54 Å². The van der Waals surface area contributed by atoms with Gasteiger partial charge in [0, 0.05) is 18.4 Å². The molecule has 0 aliphatic carbocycles. The predicted octanol–water partition coefficient (Wildman–Crippen LogP) is 1.65. The number of nitrogens with zero attached hydrogens (tertiary/aromatic N) is 1. The largest absolute Gasteiger partial charge is 0.390 e. The highest BCUT2D eigenvalue weighted by Crippen LogP contribution is 2.31. The molecule has 2 aromatic rings. The number of fused-ring (bicyclic) bond motifs is 1. The van der Waals surface area contributed by atoms with Crippen molar-refractivity contribution in [1.82, 2.24) is 16.0 Å². The maximum absolute atomic E-state index is 13.5. The molecular weight excluding hydrogens is 502 g/mol. The van der Waals surface area contributed by atoms with Crippen LogP contribution in [-0.4, -0.2) is 55.4 Å². The Morgan fingerprint density at radius 1 is 1.18 bits per heavy atom. The van der Waals surface area contributed by atoms with E-state index in [1.807, 2.05) is 49.5 Å². The normalized spacial score (nSPS) is 18.5. The number of likely N-dealkylation sites (N-methyl/N-ethyl adjacent to an activating group) is 1. The Hall–Kier alpha value is -4.43. The SMILES string of the molecule is CCCc1cccc2c1N(C)CC(NC(=O)C1(C)C=CC=C(C(=O)N/C(C=[NH+]CCO)=C/c3ccccc3)N1)=C2. The first-order valence-electron chi connectivity index (χ1n) is 13.6. The third-order valence-corrected chi connectivity index (χ3v) is 6.76. The summed E-state index contributed by atoms with van der Waals surface area (Å²) in [6.07, 6.45) is 12.7. The minimum absolute atomic E-state index is 0.0360. The maximum atomic E-state index is 13.5. The average molecular weight is 541 g/mol. The minimum atomic E-state index is -1.13. The molecule has 0 aromatic heterocycles. The van der Waals surface area contributed by atoms with Gasteiger partial charge in [-0.25, -0.2) is 4.99 Å². The zero-order valence-electron chi connectivity index (χ0n) is 23.3. The third-order valence-electron chi connectivity index (χ3n) is 6.76. The van der Waals surface area contributed by atoms with Crippen molar-refractivity contribution in [2.24, 2.45) is 0 Å². The van der Waals surface area contributed by atoms with Gasteiger partial charge in [-0.05, 0) is 48.3 Å². The number of aryl methyl sites for hydroxylation is 1. The van der Waals surface area contributed by atoms with Crippen molar-refractivity contribution < 1.29 is 19.7 Å². The molecule has 40 heavy (non-hydrogen) atoms. The second-order valence-electron chi connectivity index (χ2n) is 10.1. The van der Waals surface area contributed by atoms with Crippen molar-refractivity contribution in [3.8, 4) is 0 Å². The van der Waals surface area contributed by atoms with Gasteiger partial charge < -0.3 is 26.0 Å². The smallest absolute Gasteiger partial charge is 0.271 e. The van der Waals surface area contributed by atoms with E-state index in [1.165, 1.54) is 11.3 Å². The molecule has 8 heteroatoms. The summed E-state index contributed by atoms with van der Waals surface area (Å²) in [4.78, 5) is 31.9. The van der Waals surface area contributed by atoms with Crippen LogP contribution in [0.2, 0.25) is 0 Å². The number of hydrogen-bond donors (Lipinski definition) is 5. The topological polar surface area (TPSA) is 108 Å². The van der Waals surface area contributed by atoms with Crippen molar-refractivity contribution in [3.63, 3.8) is 0 Å². The molecule has 0 fully saturated rings. The Morgan fingerprint density at radius 2 is 1.98 bits per heavy atom. The predicted molar refractivity (Wildman–Crippen MR) is 160 cm³/mol. The van der Waals surface area contributed by atoms with Crippen molar-refractivity contribution in [2.45, 2.75) is 32.2 Å². The maximum Gasteiger partial charge on any atom is 0.271 e. The molecule has 0 bridgehead atoms. The van der Waals surface area contributed by atoms with E-state index in [9.17, 15) is 9.59 Å². The van der Waals surface area contributed by atoms with Crippen LogP contribution in [0, 0.1) is 0 Å². The summed E-state index contributed by atoms with van der Waals surface area (Å²) >= 11 is 0. The molecule has 0 radical (unpaired) electrons. The molecule has 8 nitrogen and oxygen atoms in total. The number of aliphatic hydroxyl groups excluding tert-OH is 1. The van der Waals surface area contributed by atoms with E-state index < -0.39 is 5.54 Å². The van der Waals surface area contributed by atoms with Crippen LogP contribution in [0.15, 0.2) is 83.9 Å². The summed E-state index contributed by atoms with van der Waals surface area (Å²) in [6.45, 7) is 4.80. The number of carbonyl (C=O) groups is 2. The second kappa shape index (κ2) is 13.1. The lowest BCUT2D eigenvalue weighted by molar-refractivity contribution is -0.454. The number of allylic oxidation sites excluding steroid dienone is 3. The van der Waals surface area contributed by atoms with E-state index in [4.69, 9.17) is 5.11 Å². The van der Waals surface area contributed by atoms with Crippen LogP contribution in [0.1, 0.15) is 37.0 Å². The van der Waals surface area contributed by atoms with Gasteiger partial charge in [0.15, 0.2) is 12.8 Å². The molecular formula is C32H38N5O3+. The number of para-hydroxylation sites is 1. The van der Waals surface area contributed by atoms with Gasteiger partial charge in [-0.3, -0.25) is 9.59 Å². The molecule has 0 spiro atoms. The van der Waals surface area contributed by atoms with Gasteiger partial charge >= 0.3 is 0 Å². The van der Waals surface area contributed by atoms with E-state index in [1.54, 1.807) is 31.4 Å². The molecule has 4 rings (SSSR count). The first-order valence-corrected chi connectivity index (χ1v) is 13.6. The Labute approximate surface area is 235 Å². The Bertz CT molecular complexity index is 1390. The molecule has 2 heterocycles. The highest BCUT2D eigenvalue weighted by Gasteiger charge is 2.35. The number of aliphatic hydroxyl groups is 1. The summed E-state index contributed by atoms with van der Waals surface area (Å²) in [5.41, 5.74) is 4.94. The third kappa shape index (κ3) is 6.95. The monoisotopic (exact) mass is 540 g/mol. The van der Waals surface area contributed by atoms with Crippen LogP contribution < -0.4 is 25.8 Å². The molecule has 1 unspecified atom stereocenters. The summed E-state index contributed by atoms with van der Waals surface area (Å²) < 4.78 is 0. The van der Waals surface area contributed by atoms with E-state index in [0.717, 1.165) is 29.7 Å². The summed E-state index contributed by atoms with van der Waals surface area (Å²) in [5.74, 6) is -0.646. The van der Waals surface area contributed by atoms with Gasteiger partial charge in [-0.2, -0.15) is 0 Å². The van der Waals surface area contributed by atoms with Crippen molar-refractivity contribution in [1.29, 1.82) is 0 Å². The van der Waals surface area contributed by atoms with Gasteiger partial charge in [-0.15, -0.1) is 0 Å². The Kier molecular flexibility index (Phi) is 9.35. The Balaban J connectivity index is 1.47. The van der Waals surface area contributed by atoms with Gasteiger partial charge in [0.2, 0.25) is 0 Å². The molecule has 5 N–H and O–H groups in total. The van der Waals surface area contributed by atoms with Crippen LogP contribution in [-0.2, 0) is 16.0 Å². The van der Waals surface area contributed by atoms with Gasteiger partial charge in [-0.1, -0.05) is 74.0 Å². The molecule has 1 atom stereocenters. The summed E-state index contributed by atoms with van der Waals surface area (Å²) in [6, 6.07) is 15.9. The fourth-order valence-corrected chi connectivity index (χ4v) is 4.84. The van der Waals surface area contributed by atoms with Gasteiger partial charge in [0.25, 0.3) is 11.8 Å². The van der Waals surface area contributed by atoms with E-state index >= 15 is 0 Å². The molecule has 0 saturated heterocycles. The molecule has 2 amide bonds. The van der Waals surface area contributed by atoms with Crippen LogP contribution in [0.3, 0.4) is 0 Å². The highest BCUT2D eigenvalue weighted by atomic mass is 16.3. The van der Waals surface area contributed by atoms with E-state index in [0.29, 0.717) is 18.8 Å². The van der Waals surface area contributed by atoms with Gasteiger partial charge in [0.1, 0.15) is 23.5 Å². The van der Waals surface area contributed by atoms with Crippen molar-refractivity contribution in [2.75, 3.05) is 31.6 Å². The lowest BCUT2D eigenvalue weighted by atomic mass is 9.95. The van der Waals surface area contributed by atoms with Crippen LogP contribution in [0.5, 0.6) is 0 Å². The number of dihydropyridines is 1. The number of rotatable bonds is 10. The standard InChI is InChI=1S/C32H37N5O3/c1-4-10-24-13-8-14-25-20-27(22-37(3)29(24)25)35-31(40)32(2)16-9-15-28(36-32)30(39)34-26(21-33-17-18-38)19-23-11-6-5-7-12-23/h5-9,11-16,19-21,36,38H,4,10,17-18,22H2,1-3H3,(H,34,39)(H,35,40)/p+1/b26-19+,33-21?. The number of hydrogen-bond acceptors (Lipinski definition) is 5.